The molecule has 0 aliphatic carbocycles. The Balaban J connectivity index is 1.68. The highest BCUT2D eigenvalue weighted by Gasteiger charge is 2.20. The quantitative estimate of drug-likeness (QED) is 0.623. The van der Waals surface area contributed by atoms with Gasteiger partial charge in [-0.2, -0.15) is 0 Å². The number of carbonyl (C=O) groups excluding carboxylic acids is 2. The number of aromatic nitrogens is 2. The summed E-state index contributed by atoms with van der Waals surface area (Å²) >= 11 is 1.17. The molecular weight excluding hydrogens is 371 g/mol. The lowest BCUT2D eigenvalue weighted by molar-refractivity contribution is -0.127. The van der Waals surface area contributed by atoms with Crippen LogP contribution in [-0.2, 0) is 11.8 Å². The van der Waals surface area contributed by atoms with Gasteiger partial charge in [0.2, 0.25) is 5.91 Å². The zero-order valence-corrected chi connectivity index (χ0v) is 15.6. The molecular formula is C18H19FN4O3S. The van der Waals surface area contributed by atoms with Crippen LogP contribution in [0.2, 0.25) is 0 Å². The zero-order valence-electron chi connectivity index (χ0n) is 14.8. The van der Waals surface area contributed by atoms with Crippen LogP contribution in [0, 0.1) is 5.82 Å². The molecule has 1 aliphatic rings. The molecule has 2 heterocycles. The van der Waals surface area contributed by atoms with Gasteiger partial charge in [0.25, 0.3) is 11.5 Å². The first-order chi connectivity index (χ1) is 13.0. The van der Waals surface area contributed by atoms with E-state index in [1.807, 2.05) is 0 Å². The molecule has 27 heavy (non-hydrogen) atoms. The van der Waals surface area contributed by atoms with Crippen molar-refractivity contribution in [2.45, 2.75) is 18.0 Å². The molecule has 0 unspecified atom stereocenters. The van der Waals surface area contributed by atoms with E-state index >= 15 is 0 Å². The lowest BCUT2D eigenvalue weighted by Gasteiger charge is -2.15. The van der Waals surface area contributed by atoms with Crippen molar-refractivity contribution >= 4 is 29.3 Å². The fourth-order valence-electron chi connectivity index (χ4n) is 2.73. The summed E-state index contributed by atoms with van der Waals surface area (Å²) in [6, 6.07) is 5.23. The van der Waals surface area contributed by atoms with Gasteiger partial charge in [-0.05, 0) is 37.1 Å². The van der Waals surface area contributed by atoms with E-state index in [0.29, 0.717) is 10.8 Å². The average Bonchev–Trinajstić information content (AvgIpc) is 3.19. The molecule has 1 aromatic heterocycles. The third-order valence-corrected chi connectivity index (χ3v) is 5.29. The lowest BCUT2D eigenvalue weighted by atomic mass is 10.2. The Labute approximate surface area is 159 Å². The van der Waals surface area contributed by atoms with Gasteiger partial charge in [-0.1, -0.05) is 11.8 Å². The van der Waals surface area contributed by atoms with E-state index in [1.54, 1.807) is 4.90 Å². The number of likely N-dealkylation sites (tertiary alicyclic amines) is 1. The molecule has 0 spiro atoms. The number of thioether (sulfide) groups is 1. The summed E-state index contributed by atoms with van der Waals surface area (Å²) in [5.74, 6) is -0.832. The van der Waals surface area contributed by atoms with Crippen molar-refractivity contribution in [1.82, 2.24) is 14.5 Å². The van der Waals surface area contributed by atoms with Gasteiger partial charge in [-0.3, -0.25) is 19.0 Å². The molecule has 9 heteroatoms. The standard InChI is InChI=1S/C18H19FN4O3S/c1-22-17(26)14(16(25)21-13-6-4-12(19)5-7-13)10-20-18(22)27-11-15(24)23-8-2-3-9-23/h4-7,10H,2-3,8-9,11H2,1H3,(H,21,25). The normalized spacial score (nSPS) is 13.6. The van der Waals surface area contributed by atoms with Gasteiger partial charge in [0.15, 0.2) is 5.16 Å². The van der Waals surface area contributed by atoms with Gasteiger partial charge in [-0.15, -0.1) is 0 Å². The largest absolute Gasteiger partial charge is 0.342 e. The highest BCUT2D eigenvalue weighted by Crippen LogP contribution is 2.16. The number of halogens is 1. The van der Waals surface area contributed by atoms with Crippen molar-refractivity contribution in [2.24, 2.45) is 7.05 Å². The number of amides is 2. The molecule has 2 amide bonds. The molecule has 0 saturated carbocycles. The molecule has 3 rings (SSSR count). The van der Waals surface area contributed by atoms with Crippen molar-refractivity contribution in [2.75, 3.05) is 24.2 Å². The highest BCUT2D eigenvalue weighted by atomic mass is 32.2. The Hall–Kier alpha value is -2.68. The van der Waals surface area contributed by atoms with Gasteiger partial charge < -0.3 is 10.2 Å². The number of hydrogen-bond acceptors (Lipinski definition) is 5. The van der Waals surface area contributed by atoms with E-state index in [-0.39, 0.29) is 17.2 Å². The van der Waals surface area contributed by atoms with Gasteiger partial charge in [0.1, 0.15) is 11.4 Å². The summed E-state index contributed by atoms with van der Waals surface area (Å²) in [7, 11) is 1.51. The van der Waals surface area contributed by atoms with E-state index in [2.05, 4.69) is 10.3 Å². The summed E-state index contributed by atoms with van der Waals surface area (Å²) in [4.78, 5) is 42.8. The maximum absolute atomic E-state index is 12.9. The minimum absolute atomic E-state index is 0.0184. The number of rotatable bonds is 5. The van der Waals surface area contributed by atoms with E-state index < -0.39 is 17.3 Å². The summed E-state index contributed by atoms with van der Waals surface area (Å²) in [6.45, 7) is 1.54. The topological polar surface area (TPSA) is 84.3 Å². The molecule has 1 aliphatic heterocycles. The lowest BCUT2D eigenvalue weighted by Crippen LogP contribution is -2.31. The van der Waals surface area contributed by atoms with Crippen molar-refractivity contribution in [3.05, 3.63) is 52.2 Å². The first kappa shape index (κ1) is 19.1. The molecule has 2 aromatic rings. The summed E-state index contributed by atoms with van der Waals surface area (Å²) < 4.78 is 14.2. The second kappa shape index (κ2) is 8.34. The van der Waals surface area contributed by atoms with E-state index in [0.717, 1.165) is 25.9 Å². The number of benzene rings is 1. The number of carbonyl (C=O) groups is 2. The van der Waals surface area contributed by atoms with Crippen molar-refractivity contribution in [3.63, 3.8) is 0 Å². The minimum atomic E-state index is -0.626. The van der Waals surface area contributed by atoms with Crippen LogP contribution in [0.25, 0.3) is 0 Å². The minimum Gasteiger partial charge on any atom is -0.342 e. The third-order valence-electron chi connectivity index (χ3n) is 4.26. The Kier molecular flexibility index (Phi) is 5.90. The van der Waals surface area contributed by atoms with Gasteiger partial charge >= 0.3 is 0 Å². The molecule has 0 bridgehead atoms. The molecule has 1 saturated heterocycles. The predicted molar refractivity (Wildman–Crippen MR) is 100 cm³/mol. The third kappa shape index (κ3) is 4.54. The first-order valence-corrected chi connectivity index (χ1v) is 9.48. The van der Waals surface area contributed by atoms with Gasteiger partial charge in [0, 0.05) is 32.0 Å². The molecule has 1 N–H and O–H groups in total. The Morgan fingerprint density at radius 1 is 1.22 bits per heavy atom. The number of nitrogens with zero attached hydrogens (tertiary/aromatic N) is 3. The van der Waals surface area contributed by atoms with E-state index in [4.69, 9.17) is 0 Å². The maximum Gasteiger partial charge on any atom is 0.266 e. The molecule has 1 aromatic carbocycles. The van der Waals surface area contributed by atoms with Crippen LogP contribution in [-0.4, -0.2) is 45.1 Å². The second-order valence-electron chi connectivity index (χ2n) is 6.16. The second-order valence-corrected chi connectivity index (χ2v) is 7.10. The van der Waals surface area contributed by atoms with E-state index in [9.17, 15) is 18.8 Å². The zero-order chi connectivity index (χ0) is 19.4. The Morgan fingerprint density at radius 2 is 1.89 bits per heavy atom. The Bertz CT molecular complexity index is 908. The SMILES string of the molecule is Cn1c(SCC(=O)N2CCCC2)ncc(C(=O)Nc2ccc(F)cc2)c1=O. The average molecular weight is 390 g/mol. The van der Waals surface area contributed by atoms with Crippen molar-refractivity contribution < 1.29 is 14.0 Å². The fraction of sp³-hybridized carbons (Fsp3) is 0.333. The Morgan fingerprint density at radius 3 is 2.56 bits per heavy atom. The summed E-state index contributed by atoms with van der Waals surface area (Å²) in [5, 5.41) is 2.90. The molecule has 0 atom stereocenters. The number of hydrogen-bond donors (Lipinski definition) is 1. The van der Waals surface area contributed by atoms with Crippen LogP contribution < -0.4 is 10.9 Å². The van der Waals surface area contributed by atoms with Crippen LogP contribution in [0.5, 0.6) is 0 Å². The number of anilines is 1. The van der Waals surface area contributed by atoms with Crippen LogP contribution in [0.4, 0.5) is 10.1 Å². The number of nitrogens with one attached hydrogen (secondary N) is 1. The molecule has 7 nitrogen and oxygen atoms in total. The van der Waals surface area contributed by atoms with Crippen molar-refractivity contribution in [1.29, 1.82) is 0 Å². The predicted octanol–water partition coefficient (Wildman–Crippen LogP) is 1.89. The first-order valence-electron chi connectivity index (χ1n) is 8.49. The molecule has 0 radical (unpaired) electrons. The fourth-order valence-corrected chi connectivity index (χ4v) is 3.57. The van der Waals surface area contributed by atoms with Crippen LogP contribution in [0.15, 0.2) is 40.4 Å². The monoisotopic (exact) mass is 390 g/mol. The van der Waals surface area contributed by atoms with Crippen LogP contribution in [0.1, 0.15) is 23.2 Å². The van der Waals surface area contributed by atoms with Crippen molar-refractivity contribution in [3.8, 4) is 0 Å². The smallest absolute Gasteiger partial charge is 0.266 e. The van der Waals surface area contributed by atoms with Gasteiger partial charge in [-0.25, -0.2) is 9.37 Å². The highest BCUT2D eigenvalue weighted by molar-refractivity contribution is 7.99. The molecule has 142 valence electrons. The molecule has 1 fully saturated rings. The summed E-state index contributed by atoms with van der Waals surface area (Å²) in [5.41, 5.74) is -0.268. The van der Waals surface area contributed by atoms with Crippen LogP contribution >= 0.6 is 11.8 Å². The maximum atomic E-state index is 12.9. The van der Waals surface area contributed by atoms with E-state index in [1.165, 1.54) is 53.8 Å². The summed E-state index contributed by atoms with van der Waals surface area (Å²) in [6.07, 6.45) is 3.24. The van der Waals surface area contributed by atoms with Crippen LogP contribution in [0.3, 0.4) is 0 Å². The van der Waals surface area contributed by atoms with Gasteiger partial charge in [0.05, 0.1) is 5.75 Å².